The van der Waals surface area contributed by atoms with Crippen LogP contribution in [0.2, 0.25) is 0 Å². The van der Waals surface area contributed by atoms with Gasteiger partial charge in [0.2, 0.25) is 11.8 Å². The van der Waals surface area contributed by atoms with E-state index in [2.05, 4.69) is 40.0 Å². The van der Waals surface area contributed by atoms with Crippen molar-refractivity contribution in [2.45, 2.75) is 63.5 Å². The Labute approximate surface area is 295 Å². The van der Waals surface area contributed by atoms with Gasteiger partial charge in [0, 0.05) is 48.5 Å². The zero-order valence-corrected chi connectivity index (χ0v) is 29.5. The molecule has 4 aliphatic rings. The molecule has 2 N–H and O–H groups in total. The Morgan fingerprint density at radius 3 is 2.37 bits per heavy atom. The molecule has 5 bridgehead atoms. The number of halogens is 1. The maximum atomic E-state index is 14.9. The molecule has 0 aliphatic carbocycles. The monoisotopic (exact) mass is 734 g/mol. The molecule has 2 fully saturated rings. The quantitative estimate of drug-likeness (QED) is 0.324. The summed E-state index contributed by atoms with van der Waals surface area (Å²) in [5.74, 6) is -3.88. The summed E-state index contributed by atoms with van der Waals surface area (Å²) in [7, 11) is 0. The third-order valence-corrected chi connectivity index (χ3v) is 10.7. The first kappa shape index (κ1) is 34.8. The number of allylic oxidation sites excluding steroid dienone is 1. The van der Waals surface area contributed by atoms with Crippen LogP contribution in [0.4, 0.5) is 11.4 Å². The van der Waals surface area contributed by atoms with Gasteiger partial charge in [-0.1, -0.05) is 58.4 Å². The minimum Gasteiger partial charge on any atom is -0.455 e. The van der Waals surface area contributed by atoms with E-state index < -0.39 is 59.5 Å². The largest absolute Gasteiger partial charge is 0.455 e. The second-order valence-corrected chi connectivity index (χ2v) is 13.8. The molecule has 260 valence electrons. The van der Waals surface area contributed by atoms with Gasteiger partial charge in [0.25, 0.3) is 5.91 Å². The Hall–Kier alpha value is -4.00. The number of carbonyl (C=O) groups is 4. The number of ether oxygens (including phenoxy) is 2. The van der Waals surface area contributed by atoms with Crippen molar-refractivity contribution in [1.82, 2.24) is 10.2 Å². The number of fused-ring (bicyclic) bond motifs is 2. The molecule has 11 nitrogen and oxygen atoms in total. The molecule has 2 aromatic rings. The minimum absolute atomic E-state index is 0.116. The molecule has 12 heteroatoms. The van der Waals surface area contributed by atoms with Gasteiger partial charge in [0.1, 0.15) is 29.8 Å². The number of likely N-dealkylation sites (tertiary alicyclic amines) is 1. The van der Waals surface area contributed by atoms with Crippen LogP contribution in [-0.4, -0.2) is 90.3 Å². The SMILES string of the molecule is CCN(CC)c1ccc(N2C/C=C\CCC(=O)N[C@@H](C)[C@H](c3ccccc3)OC(=O)[C@H]3[C@@H]4O[C@@]5(C=C4Br)[C@@H]3C(=O)N(CCO)[C@@H]5C2=O)cc1. The first-order valence-electron chi connectivity index (χ1n) is 17.0. The fourth-order valence-electron chi connectivity index (χ4n) is 7.74. The van der Waals surface area contributed by atoms with E-state index >= 15 is 0 Å². The molecule has 1 spiro atoms. The number of cyclic esters (lactones) is 1. The van der Waals surface area contributed by atoms with Gasteiger partial charge in [-0.3, -0.25) is 19.2 Å². The lowest BCUT2D eigenvalue weighted by Crippen LogP contribution is -2.56. The highest BCUT2D eigenvalue weighted by Crippen LogP contribution is 2.59. The van der Waals surface area contributed by atoms with Gasteiger partial charge >= 0.3 is 5.97 Å². The van der Waals surface area contributed by atoms with E-state index in [1.54, 1.807) is 17.9 Å². The smallest absolute Gasteiger partial charge is 0.313 e. The Balaban J connectivity index is 1.44. The predicted octanol–water partition coefficient (Wildman–Crippen LogP) is 3.87. The number of anilines is 2. The number of nitrogens with zero attached hydrogens (tertiary/aromatic N) is 3. The average Bonchev–Trinajstić information content (AvgIpc) is 3.69. The van der Waals surface area contributed by atoms with Crippen LogP contribution in [0.15, 0.2) is 77.3 Å². The van der Waals surface area contributed by atoms with Crippen molar-refractivity contribution in [3.8, 4) is 0 Å². The van der Waals surface area contributed by atoms with Crippen molar-refractivity contribution < 1.29 is 33.8 Å². The first-order chi connectivity index (χ1) is 23.6. The number of amides is 3. The molecule has 0 unspecified atom stereocenters. The standard InChI is InChI=1S/C37H43BrN4O7/c1-4-40(5-2)25-15-17-26(18-16-25)41-19-11-7-10-14-28(44)39-23(3)31(24-12-8-6-9-13-24)48-36(47)29-30-34(45)42(20-21-43)33(35(41)46)37(30)22-27(38)32(29)49-37/h6-9,11-13,15-18,22-23,29-33,43H,4-5,10,14,19-21H2,1-3H3,(H,39,44)/b11-7-/t23-,29+,30-,31+,32+,33+,37-/m0/s1. The number of nitrogens with one attached hydrogen (secondary N) is 1. The van der Waals surface area contributed by atoms with E-state index in [1.165, 1.54) is 4.90 Å². The van der Waals surface area contributed by atoms with Crippen LogP contribution in [0.3, 0.4) is 0 Å². The maximum Gasteiger partial charge on any atom is 0.313 e. The molecule has 7 atom stereocenters. The maximum absolute atomic E-state index is 14.9. The summed E-state index contributed by atoms with van der Waals surface area (Å²) in [6.07, 6.45) is 4.36. The van der Waals surface area contributed by atoms with Crippen molar-refractivity contribution in [2.75, 3.05) is 42.6 Å². The Morgan fingerprint density at radius 2 is 1.69 bits per heavy atom. The molecule has 49 heavy (non-hydrogen) atoms. The van der Waals surface area contributed by atoms with Gasteiger partial charge in [0.15, 0.2) is 0 Å². The highest BCUT2D eigenvalue weighted by Gasteiger charge is 2.75. The zero-order valence-electron chi connectivity index (χ0n) is 28.0. The van der Waals surface area contributed by atoms with Crippen LogP contribution in [0.5, 0.6) is 0 Å². The third-order valence-electron chi connectivity index (χ3n) is 10.0. The lowest BCUT2D eigenvalue weighted by molar-refractivity contribution is -0.161. The van der Waals surface area contributed by atoms with Crippen molar-refractivity contribution in [3.63, 3.8) is 0 Å². The molecule has 4 aliphatic heterocycles. The number of carbonyl (C=O) groups excluding carboxylic acids is 4. The predicted molar refractivity (Wildman–Crippen MR) is 188 cm³/mol. The van der Waals surface area contributed by atoms with Crippen LogP contribution in [0.1, 0.15) is 45.3 Å². The molecule has 2 aromatic carbocycles. The molecular weight excluding hydrogens is 692 g/mol. The Bertz CT molecular complexity index is 1630. The molecule has 4 heterocycles. The Kier molecular flexibility index (Phi) is 10.3. The highest BCUT2D eigenvalue weighted by molar-refractivity contribution is 9.11. The van der Waals surface area contributed by atoms with E-state index in [-0.39, 0.29) is 32.0 Å². The van der Waals surface area contributed by atoms with Gasteiger partial charge < -0.3 is 34.6 Å². The molecule has 0 aromatic heterocycles. The summed E-state index contributed by atoms with van der Waals surface area (Å²) in [5.41, 5.74) is 0.836. The normalized spacial score (nSPS) is 30.9. The van der Waals surface area contributed by atoms with Gasteiger partial charge in [-0.2, -0.15) is 0 Å². The lowest BCUT2D eigenvalue weighted by atomic mass is 9.74. The van der Waals surface area contributed by atoms with Crippen molar-refractivity contribution in [2.24, 2.45) is 11.8 Å². The second kappa shape index (κ2) is 14.5. The van der Waals surface area contributed by atoms with Crippen LogP contribution >= 0.6 is 15.9 Å². The Morgan fingerprint density at radius 1 is 0.980 bits per heavy atom. The van der Waals surface area contributed by atoms with Gasteiger partial charge in [0.05, 0.1) is 18.6 Å². The molecular formula is C37H43BrN4O7. The average molecular weight is 736 g/mol. The van der Waals surface area contributed by atoms with Gasteiger partial charge in [-0.15, -0.1) is 0 Å². The molecule has 0 saturated carbocycles. The number of esters is 1. The number of hydrogen-bond acceptors (Lipinski definition) is 8. The number of hydrogen-bond donors (Lipinski definition) is 2. The molecule has 3 amide bonds. The fourth-order valence-corrected chi connectivity index (χ4v) is 8.47. The number of aliphatic hydroxyl groups excluding tert-OH is 1. The van der Waals surface area contributed by atoms with Crippen LogP contribution in [-0.2, 0) is 28.7 Å². The van der Waals surface area contributed by atoms with E-state index in [0.29, 0.717) is 22.2 Å². The van der Waals surface area contributed by atoms with E-state index in [0.717, 1.165) is 18.8 Å². The summed E-state index contributed by atoms with van der Waals surface area (Å²) >= 11 is 3.58. The third kappa shape index (κ3) is 6.30. The van der Waals surface area contributed by atoms with E-state index in [9.17, 15) is 24.3 Å². The highest BCUT2D eigenvalue weighted by atomic mass is 79.9. The fraction of sp³-hybridized carbons (Fsp3) is 0.459. The van der Waals surface area contributed by atoms with Crippen molar-refractivity contribution in [3.05, 3.63) is 82.9 Å². The topological polar surface area (TPSA) is 129 Å². The zero-order chi connectivity index (χ0) is 34.9. The minimum atomic E-state index is -1.48. The second-order valence-electron chi connectivity index (χ2n) is 12.9. The summed E-state index contributed by atoms with van der Waals surface area (Å²) in [5, 5.41) is 13.1. The van der Waals surface area contributed by atoms with Crippen molar-refractivity contribution >= 4 is 51.0 Å². The van der Waals surface area contributed by atoms with Gasteiger partial charge in [-0.05, 0) is 63.1 Å². The summed E-state index contributed by atoms with van der Waals surface area (Å²) in [6.45, 7) is 7.26. The summed E-state index contributed by atoms with van der Waals surface area (Å²) in [6, 6.07) is 15.1. The number of β-amino-alcohol motifs (C(OH)–C–C–N with tert-alkyl or cyclic N) is 1. The van der Waals surface area contributed by atoms with Crippen LogP contribution in [0, 0.1) is 11.8 Å². The van der Waals surface area contributed by atoms with Crippen molar-refractivity contribution in [1.29, 1.82) is 0 Å². The number of benzene rings is 2. The number of rotatable bonds is 7. The summed E-state index contributed by atoms with van der Waals surface area (Å²) < 4.78 is 13.3. The van der Waals surface area contributed by atoms with Crippen LogP contribution in [0.25, 0.3) is 0 Å². The van der Waals surface area contributed by atoms with E-state index in [4.69, 9.17) is 9.47 Å². The van der Waals surface area contributed by atoms with Crippen LogP contribution < -0.4 is 15.1 Å². The van der Waals surface area contributed by atoms with Gasteiger partial charge in [-0.25, -0.2) is 0 Å². The molecule has 0 radical (unpaired) electrons. The lowest BCUT2D eigenvalue weighted by Gasteiger charge is -2.35. The van der Waals surface area contributed by atoms with E-state index in [1.807, 2.05) is 66.7 Å². The summed E-state index contributed by atoms with van der Waals surface area (Å²) in [4.78, 5) is 61.7. The number of aliphatic hydroxyl groups is 1. The molecule has 6 rings (SSSR count). The molecule has 2 saturated heterocycles. The first-order valence-corrected chi connectivity index (χ1v) is 17.8.